The van der Waals surface area contributed by atoms with Crippen molar-refractivity contribution >= 4 is 34.3 Å². The summed E-state index contributed by atoms with van der Waals surface area (Å²) in [6.45, 7) is 5.97. The molecule has 0 amide bonds. The van der Waals surface area contributed by atoms with Crippen molar-refractivity contribution in [2.75, 3.05) is 0 Å². The highest BCUT2D eigenvalue weighted by atomic mass is 35.5. The Bertz CT molecular complexity index is 896. The van der Waals surface area contributed by atoms with E-state index in [9.17, 15) is 9.18 Å². The summed E-state index contributed by atoms with van der Waals surface area (Å²) in [6, 6.07) is 4.62. The van der Waals surface area contributed by atoms with Gasteiger partial charge in [-0.1, -0.05) is 31.7 Å². The third-order valence-electron chi connectivity index (χ3n) is 4.25. The molecule has 138 valence electrons. The molecule has 1 atom stereocenters. The molecule has 0 aliphatic carbocycles. The SMILES string of the molecule is CC1(C)C[C@@](C)(c2cc(CC(=O)c3coc(Cl)n3)ccc2F)N=C(N)S1. The predicted octanol–water partition coefficient (Wildman–Crippen LogP) is 4.34. The number of carbonyl (C=O) groups excluding carboxylic acids is 1. The highest BCUT2D eigenvalue weighted by molar-refractivity contribution is 8.15. The van der Waals surface area contributed by atoms with E-state index in [1.807, 2.05) is 6.92 Å². The van der Waals surface area contributed by atoms with E-state index in [-0.39, 0.29) is 33.8 Å². The second kappa shape index (κ2) is 6.70. The third-order valence-corrected chi connectivity index (χ3v) is 5.42. The second-order valence-electron chi connectivity index (χ2n) is 7.16. The van der Waals surface area contributed by atoms with Gasteiger partial charge in [0.15, 0.2) is 11.0 Å². The molecule has 2 aromatic rings. The molecule has 1 aliphatic rings. The van der Waals surface area contributed by atoms with Crippen LogP contribution >= 0.6 is 23.4 Å². The van der Waals surface area contributed by atoms with E-state index < -0.39 is 5.54 Å². The van der Waals surface area contributed by atoms with Gasteiger partial charge in [-0.15, -0.1) is 0 Å². The fourth-order valence-corrected chi connectivity index (χ4v) is 4.66. The molecule has 1 aromatic heterocycles. The third kappa shape index (κ3) is 3.94. The Morgan fingerprint density at radius 1 is 1.42 bits per heavy atom. The van der Waals surface area contributed by atoms with Crippen molar-refractivity contribution in [3.63, 3.8) is 0 Å². The van der Waals surface area contributed by atoms with E-state index in [4.69, 9.17) is 21.8 Å². The Morgan fingerprint density at radius 2 is 2.15 bits per heavy atom. The average Bonchev–Trinajstić information content (AvgIpc) is 2.93. The van der Waals surface area contributed by atoms with Crippen LogP contribution in [0.4, 0.5) is 4.39 Å². The lowest BCUT2D eigenvalue weighted by atomic mass is 9.82. The Labute approximate surface area is 160 Å². The normalized spacial score (nSPS) is 22.1. The van der Waals surface area contributed by atoms with Crippen LogP contribution in [-0.2, 0) is 12.0 Å². The minimum Gasteiger partial charge on any atom is -0.435 e. The molecule has 3 rings (SSSR count). The lowest BCUT2D eigenvalue weighted by Gasteiger charge is -2.39. The van der Waals surface area contributed by atoms with Crippen molar-refractivity contribution in [3.8, 4) is 0 Å². The maximum absolute atomic E-state index is 14.6. The van der Waals surface area contributed by atoms with E-state index in [1.165, 1.54) is 24.1 Å². The van der Waals surface area contributed by atoms with Gasteiger partial charge in [-0.05, 0) is 42.6 Å². The summed E-state index contributed by atoms with van der Waals surface area (Å²) in [4.78, 5) is 20.6. The number of halogens is 2. The fraction of sp³-hybridized carbons (Fsp3) is 0.389. The number of oxazole rings is 1. The molecule has 0 radical (unpaired) electrons. The Balaban J connectivity index is 1.93. The lowest BCUT2D eigenvalue weighted by molar-refractivity contribution is 0.0988. The maximum atomic E-state index is 14.6. The topological polar surface area (TPSA) is 81.5 Å². The number of carbonyl (C=O) groups is 1. The Morgan fingerprint density at radius 3 is 2.77 bits per heavy atom. The molecule has 8 heteroatoms. The van der Waals surface area contributed by atoms with Gasteiger partial charge < -0.3 is 10.2 Å². The first kappa shape index (κ1) is 18.9. The molecule has 0 saturated heterocycles. The van der Waals surface area contributed by atoms with Crippen LogP contribution in [0.1, 0.15) is 48.8 Å². The smallest absolute Gasteiger partial charge is 0.292 e. The lowest BCUT2D eigenvalue weighted by Crippen LogP contribution is -2.38. The number of aromatic nitrogens is 1. The number of benzene rings is 1. The van der Waals surface area contributed by atoms with Gasteiger partial charge in [-0.2, -0.15) is 4.98 Å². The van der Waals surface area contributed by atoms with Crippen LogP contribution < -0.4 is 5.73 Å². The molecule has 2 heterocycles. The van der Waals surface area contributed by atoms with Gasteiger partial charge in [0, 0.05) is 16.7 Å². The van der Waals surface area contributed by atoms with Gasteiger partial charge >= 0.3 is 0 Å². The average molecular weight is 396 g/mol. The van der Waals surface area contributed by atoms with Gasteiger partial charge in [0.25, 0.3) is 5.35 Å². The highest BCUT2D eigenvalue weighted by Gasteiger charge is 2.40. The quantitative estimate of drug-likeness (QED) is 0.779. The summed E-state index contributed by atoms with van der Waals surface area (Å²) in [6.07, 6.45) is 1.89. The number of Topliss-reactive ketones (excluding diaryl/α,β-unsaturated/α-hetero) is 1. The zero-order chi connectivity index (χ0) is 19.1. The summed E-state index contributed by atoms with van der Waals surface area (Å²) in [5, 5.41) is 0.342. The van der Waals surface area contributed by atoms with Gasteiger partial charge in [-0.25, -0.2) is 4.39 Å². The molecule has 0 bridgehead atoms. The number of amidine groups is 1. The molecular weight excluding hydrogens is 377 g/mol. The molecule has 2 N–H and O–H groups in total. The van der Waals surface area contributed by atoms with Gasteiger partial charge in [0.2, 0.25) is 0 Å². The van der Waals surface area contributed by atoms with E-state index in [1.54, 1.807) is 12.1 Å². The number of rotatable bonds is 4. The molecule has 0 spiro atoms. The summed E-state index contributed by atoms with van der Waals surface area (Å²) < 4.78 is 19.3. The standard InChI is InChI=1S/C18H19ClFN3O2S/c1-17(2)9-18(3,23-16(21)26-17)11-6-10(4-5-12(11)20)7-14(24)13-8-25-15(19)22-13/h4-6,8H,7,9H2,1-3H3,(H2,21,23)/t18-/m0/s1. The number of thioether (sulfide) groups is 1. The van der Waals surface area contributed by atoms with Crippen molar-refractivity contribution in [1.29, 1.82) is 0 Å². The minimum atomic E-state index is -0.792. The predicted molar refractivity (Wildman–Crippen MR) is 101 cm³/mol. The van der Waals surface area contributed by atoms with Crippen LogP contribution in [0.2, 0.25) is 5.35 Å². The van der Waals surface area contributed by atoms with Gasteiger partial charge in [-0.3, -0.25) is 9.79 Å². The van der Waals surface area contributed by atoms with E-state index in [0.29, 0.717) is 22.7 Å². The van der Waals surface area contributed by atoms with E-state index >= 15 is 0 Å². The molecule has 1 aliphatic heterocycles. The molecular formula is C18H19ClFN3O2S. The van der Waals surface area contributed by atoms with Crippen LogP contribution in [-0.4, -0.2) is 20.7 Å². The summed E-state index contributed by atoms with van der Waals surface area (Å²) >= 11 is 7.09. The van der Waals surface area contributed by atoms with Crippen LogP contribution in [0.3, 0.4) is 0 Å². The molecule has 0 saturated carbocycles. The van der Waals surface area contributed by atoms with Gasteiger partial charge in [0.05, 0.1) is 5.54 Å². The summed E-state index contributed by atoms with van der Waals surface area (Å²) in [5.74, 6) is -0.627. The molecule has 5 nitrogen and oxygen atoms in total. The van der Waals surface area contributed by atoms with Crippen molar-refractivity contribution < 1.29 is 13.6 Å². The molecule has 0 unspecified atom stereocenters. The van der Waals surface area contributed by atoms with Crippen LogP contribution in [0, 0.1) is 5.82 Å². The largest absolute Gasteiger partial charge is 0.435 e. The minimum absolute atomic E-state index is 0.0591. The Hall–Kier alpha value is -1.86. The number of nitrogens with zero attached hydrogens (tertiary/aromatic N) is 2. The van der Waals surface area contributed by atoms with E-state index in [0.717, 1.165) is 0 Å². The first-order valence-electron chi connectivity index (χ1n) is 8.05. The van der Waals surface area contributed by atoms with Gasteiger partial charge in [0.1, 0.15) is 17.8 Å². The monoisotopic (exact) mass is 395 g/mol. The number of nitrogens with two attached hydrogens (primary N) is 1. The zero-order valence-corrected chi connectivity index (χ0v) is 16.2. The number of hydrogen-bond donors (Lipinski definition) is 1. The van der Waals surface area contributed by atoms with Crippen molar-refractivity contribution in [2.24, 2.45) is 10.7 Å². The highest BCUT2D eigenvalue weighted by Crippen LogP contribution is 2.45. The number of aliphatic imine (C=N–C) groups is 1. The number of ketones is 1. The molecule has 1 aromatic carbocycles. The Kier molecular flexibility index (Phi) is 4.88. The second-order valence-corrected chi connectivity index (χ2v) is 9.21. The van der Waals surface area contributed by atoms with Crippen LogP contribution in [0.25, 0.3) is 0 Å². The van der Waals surface area contributed by atoms with E-state index in [2.05, 4.69) is 23.8 Å². The van der Waals surface area contributed by atoms with Crippen molar-refractivity contribution in [2.45, 2.75) is 43.9 Å². The van der Waals surface area contributed by atoms with Crippen LogP contribution in [0.5, 0.6) is 0 Å². The molecule has 26 heavy (non-hydrogen) atoms. The van der Waals surface area contributed by atoms with Crippen LogP contribution in [0.15, 0.2) is 33.9 Å². The first-order valence-corrected chi connectivity index (χ1v) is 9.25. The summed E-state index contributed by atoms with van der Waals surface area (Å²) in [7, 11) is 0. The maximum Gasteiger partial charge on any atom is 0.292 e. The zero-order valence-electron chi connectivity index (χ0n) is 14.7. The number of hydrogen-bond acceptors (Lipinski definition) is 6. The van der Waals surface area contributed by atoms with Crippen molar-refractivity contribution in [1.82, 2.24) is 4.98 Å². The fourth-order valence-electron chi connectivity index (χ4n) is 3.36. The molecule has 0 fully saturated rings. The summed E-state index contributed by atoms with van der Waals surface area (Å²) in [5.41, 5.74) is 6.42. The first-order chi connectivity index (χ1) is 12.1. The van der Waals surface area contributed by atoms with Crippen molar-refractivity contribution in [3.05, 3.63) is 52.5 Å².